The number of carbonyl (C=O) groups excluding carboxylic acids is 1. The number of hydrogen-bond acceptors (Lipinski definition) is 4. The molecule has 2 rings (SSSR count). The van der Waals surface area contributed by atoms with Crippen LogP contribution in [0.2, 0.25) is 0 Å². The number of rotatable bonds is 5. The standard InChI is InChI=1S/C14H24N2O2/c1-3-18-14(17)12(2)10-15-9-6-13(11-15)16-7-4-5-8-16/h13H,2-11H2,1H3. The molecule has 4 heteroatoms. The Hall–Kier alpha value is -0.870. The van der Waals surface area contributed by atoms with E-state index in [2.05, 4.69) is 16.4 Å². The third-order valence-corrected chi connectivity index (χ3v) is 3.88. The first-order valence-corrected chi connectivity index (χ1v) is 7.02. The van der Waals surface area contributed by atoms with Gasteiger partial charge in [-0.25, -0.2) is 4.79 Å². The van der Waals surface area contributed by atoms with Crippen molar-refractivity contribution in [2.24, 2.45) is 0 Å². The van der Waals surface area contributed by atoms with E-state index in [0.717, 1.165) is 13.1 Å². The van der Waals surface area contributed by atoms with Gasteiger partial charge in [0.2, 0.25) is 0 Å². The molecule has 0 aromatic carbocycles. The van der Waals surface area contributed by atoms with Crippen molar-refractivity contribution in [3.63, 3.8) is 0 Å². The SMILES string of the molecule is C=C(CN1CCC(N2CCCC2)C1)C(=O)OCC. The van der Waals surface area contributed by atoms with Crippen molar-refractivity contribution in [2.45, 2.75) is 32.2 Å². The Morgan fingerprint density at radius 1 is 1.33 bits per heavy atom. The predicted octanol–water partition coefficient (Wildman–Crippen LogP) is 1.28. The van der Waals surface area contributed by atoms with Crippen molar-refractivity contribution in [2.75, 3.05) is 39.3 Å². The minimum atomic E-state index is -0.248. The zero-order valence-corrected chi connectivity index (χ0v) is 11.4. The van der Waals surface area contributed by atoms with Crippen LogP contribution in [0.15, 0.2) is 12.2 Å². The normalized spacial score (nSPS) is 25.5. The van der Waals surface area contributed by atoms with Gasteiger partial charge in [-0.2, -0.15) is 0 Å². The Labute approximate surface area is 110 Å². The van der Waals surface area contributed by atoms with E-state index < -0.39 is 0 Å². The third kappa shape index (κ3) is 3.33. The first-order chi connectivity index (χ1) is 8.70. The van der Waals surface area contributed by atoms with Crippen LogP contribution in [0.25, 0.3) is 0 Å². The molecule has 0 N–H and O–H groups in total. The molecular formula is C14H24N2O2. The molecule has 0 saturated carbocycles. The quantitative estimate of drug-likeness (QED) is 0.545. The van der Waals surface area contributed by atoms with E-state index in [1.54, 1.807) is 0 Å². The van der Waals surface area contributed by atoms with Crippen LogP contribution in [-0.4, -0.2) is 61.1 Å². The summed E-state index contributed by atoms with van der Waals surface area (Å²) in [6.07, 6.45) is 3.90. The van der Waals surface area contributed by atoms with Crippen LogP contribution >= 0.6 is 0 Å². The molecule has 1 unspecified atom stereocenters. The fourth-order valence-electron chi connectivity index (χ4n) is 2.93. The van der Waals surface area contributed by atoms with Crippen LogP contribution in [0.5, 0.6) is 0 Å². The molecule has 2 fully saturated rings. The highest BCUT2D eigenvalue weighted by Crippen LogP contribution is 2.20. The second kappa shape index (κ2) is 6.34. The van der Waals surface area contributed by atoms with Crippen LogP contribution in [0.4, 0.5) is 0 Å². The van der Waals surface area contributed by atoms with Crippen molar-refractivity contribution in [3.8, 4) is 0 Å². The van der Waals surface area contributed by atoms with Gasteiger partial charge in [-0.15, -0.1) is 0 Å². The van der Waals surface area contributed by atoms with E-state index >= 15 is 0 Å². The second-order valence-corrected chi connectivity index (χ2v) is 5.24. The molecule has 0 amide bonds. The minimum Gasteiger partial charge on any atom is -0.463 e. The van der Waals surface area contributed by atoms with E-state index in [1.807, 2.05) is 6.92 Å². The molecule has 0 spiro atoms. The minimum absolute atomic E-state index is 0.248. The zero-order valence-electron chi connectivity index (χ0n) is 11.4. The highest BCUT2D eigenvalue weighted by atomic mass is 16.5. The van der Waals surface area contributed by atoms with Gasteiger partial charge >= 0.3 is 5.97 Å². The number of hydrogen-bond donors (Lipinski definition) is 0. The van der Waals surface area contributed by atoms with Crippen molar-refractivity contribution < 1.29 is 9.53 Å². The molecule has 0 aromatic heterocycles. The molecule has 2 aliphatic heterocycles. The van der Waals surface area contributed by atoms with Crippen molar-refractivity contribution in [1.82, 2.24) is 9.80 Å². The summed E-state index contributed by atoms with van der Waals surface area (Å²) in [6, 6.07) is 0.683. The van der Waals surface area contributed by atoms with Gasteiger partial charge in [-0.1, -0.05) is 6.58 Å². The average Bonchev–Trinajstić information content (AvgIpc) is 2.98. The lowest BCUT2D eigenvalue weighted by molar-refractivity contribution is -0.138. The summed E-state index contributed by atoms with van der Waals surface area (Å²) >= 11 is 0. The maximum absolute atomic E-state index is 11.5. The lowest BCUT2D eigenvalue weighted by Crippen LogP contribution is -2.36. The molecule has 0 aliphatic carbocycles. The summed E-state index contributed by atoms with van der Waals surface area (Å²) in [5, 5.41) is 0. The van der Waals surface area contributed by atoms with Crippen LogP contribution in [0.3, 0.4) is 0 Å². The molecular weight excluding hydrogens is 228 g/mol. The summed E-state index contributed by atoms with van der Waals surface area (Å²) in [5.74, 6) is -0.248. The van der Waals surface area contributed by atoms with E-state index in [1.165, 1.54) is 32.4 Å². The molecule has 0 bridgehead atoms. The second-order valence-electron chi connectivity index (χ2n) is 5.24. The van der Waals surface area contributed by atoms with Crippen molar-refractivity contribution in [3.05, 3.63) is 12.2 Å². The molecule has 102 valence electrons. The average molecular weight is 252 g/mol. The maximum atomic E-state index is 11.5. The number of likely N-dealkylation sites (tertiary alicyclic amines) is 2. The van der Waals surface area contributed by atoms with Crippen molar-refractivity contribution in [1.29, 1.82) is 0 Å². The molecule has 2 aliphatic rings. The molecule has 18 heavy (non-hydrogen) atoms. The molecule has 0 aromatic rings. The van der Waals surface area contributed by atoms with Gasteiger partial charge in [0, 0.05) is 31.2 Å². The zero-order chi connectivity index (χ0) is 13.0. The molecule has 2 heterocycles. The van der Waals surface area contributed by atoms with Crippen LogP contribution in [0.1, 0.15) is 26.2 Å². The number of esters is 1. The predicted molar refractivity (Wildman–Crippen MR) is 71.4 cm³/mol. The van der Waals surface area contributed by atoms with Crippen LogP contribution in [-0.2, 0) is 9.53 Å². The summed E-state index contributed by atoms with van der Waals surface area (Å²) in [7, 11) is 0. The highest BCUT2D eigenvalue weighted by Gasteiger charge is 2.29. The topological polar surface area (TPSA) is 32.8 Å². The lowest BCUT2D eigenvalue weighted by atomic mass is 10.2. The van der Waals surface area contributed by atoms with Gasteiger partial charge in [-0.3, -0.25) is 9.80 Å². The van der Waals surface area contributed by atoms with Gasteiger partial charge < -0.3 is 4.74 Å². The fraction of sp³-hybridized carbons (Fsp3) is 0.786. The first kappa shape index (κ1) is 13.6. The van der Waals surface area contributed by atoms with Gasteiger partial charge in [0.05, 0.1) is 6.61 Å². The number of carbonyl (C=O) groups is 1. The molecule has 2 saturated heterocycles. The number of nitrogens with zero attached hydrogens (tertiary/aromatic N) is 2. The Morgan fingerprint density at radius 3 is 2.72 bits per heavy atom. The van der Waals surface area contributed by atoms with Crippen LogP contribution in [0, 0.1) is 0 Å². The Balaban J connectivity index is 1.75. The Kier molecular flexibility index (Phi) is 4.78. The number of ether oxygens (including phenoxy) is 1. The van der Waals surface area contributed by atoms with E-state index in [4.69, 9.17) is 4.74 Å². The van der Waals surface area contributed by atoms with E-state index in [9.17, 15) is 4.79 Å². The first-order valence-electron chi connectivity index (χ1n) is 7.02. The highest BCUT2D eigenvalue weighted by molar-refractivity contribution is 5.88. The Morgan fingerprint density at radius 2 is 2.06 bits per heavy atom. The maximum Gasteiger partial charge on any atom is 0.334 e. The van der Waals surface area contributed by atoms with Gasteiger partial charge in [0.1, 0.15) is 0 Å². The van der Waals surface area contributed by atoms with Gasteiger partial charge in [0.25, 0.3) is 0 Å². The lowest BCUT2D eigenvalue weighted by Gasteiger charge is -2.23. The van der Waals surface area contributed by atoms with E-state index in [-0.39, 0.29) is 5.97 Å². The summed E-state index contributed by atoms with van der Waals surface area (Å²) in [4.78, 5) is 16.4. The summed E-state index contributed by atoms with van der Waals surface area (Å²) < 4.78 is 4.97. The summed E-state index contributed by atoms with van der Waals surface area (Å²) in [5.41, 5.74) is 0.582. The molecule has 4 nitrogen and oxygen atoms in total. The third-order valence-electron chi connectivity index (χ3n) is 3.88. The Bertz CT molecular complexity index is 311. The largest absolute Gasteiger partial charge is 0.463 e. The monoisotopic (exact) mass is 252 g/mol. The molecule has 1 atom stereocenters. The van der Waals surface area contributed by atoms with Gasteiger partial charge in [0.15, 0.2) is 0 Å². The van der Waals surface area contributed by atoms with E-state index in [0.29, 0.717) is 24.8 Å². The molecule has 0 radical (unpaired) electrons. The summed E-state index contributed by atoms with van der Waals surface area (Å²) in [6.45, 7) is 11.4. The van der Waals surface area contributed by atoms with Gasteiger partial charge in [-0.05, 0) is 39.3 Å². The fourth-order valence-corrected chi connectivity index (χ4v) is 2.93. The smallest absolute Gasteiger partial charge is 0.334 e. The van der Waals surface area contributed by atoms with Crippen LogP contribution < -0.4 is 0 Å². The van der Waals surface area contributed by atoms with Crippen molar-refractivity contribution >= 4 is 5.97 Å².